The van der Waals surface area contributed by atoms with Crippen LogP contribution in [0.15, 0.2) is 18.2 Å². The molecule has 0 saturated carbocycles. The number of benzene rings is 1. The van der Waals surface area contributed by atoms with Gasteiger partial charge >= 0.3 is 0 Å². The third-order valence-electron chi connectivity index (χ3n) is 2.34. The van der Waals surface area contributed by atoms with Crippen LogP contribution in [-0.2, 0) is 12.8 Å². The Labute approximate surface area is 86.5 Å². The van der Waals surface area contributed by atoms with E-state index in [-0.39, 0.29) is 0 Å². The lowest BCUT2D eigenvalue weighted by Crippen LogP contribution is -2.02. The third-order valence-corrected chi connectivity index (χ3v) is 2.34. The van der Waals surface area contributed by atoms with E-state index in [1.165, 1.54) is 16.8 Å². The van der Waals surface area contributed by atoms with Gasteiger partial charge in [-0.1, -0.05) is 31.9 Å². The molecular formula is C13H17N. The van der Waals surface area contributed by atoms with Gasteiger partial charge in [-0.05, 0) is 30.0 Å². The zero-order valence-electron chi connectivity index (χ0n) is 8.93. The molecule has 0 aliphatic carbocycles. The summed E-state index contributed by atoms with van der Waals surface area (Å²) < 4.78 is 0. The molecule has 1 nitrogen and oxygen atoms in total. The molecule has 1 aromatic rings. The van der Waals surface area contributed by atoms with Gasteiger partial charge in [-0.2, -0.15) is 0 Å². The summed E-state index contributed by atoms with van der Waals surface area (Å²) in [7, 11) is 0. The number of nitrogens with one attached hydrogen (secondary N) is 1. The summed E-state index contributed by atoms with van der Waals surface area (Å²) in [5.41, 5.74) is 3.86. The summed E-state index contributed by atoms with van der Waals surface area (Å²) in [5, 5.41) is 3.25. The Kier molecular flexibility index (Phi) is 4.07. The number of aryl methyl sites for hydroxylation is 2. The quantitative estimate of drug-likeness (QED) is 0.715. The number of anilines is 1. The van der Waals surface area contributed by atoms with Crippen LogP contribution in [-0.4, -0.2) is 6.54 Å². The van der Waals surface area contributed by atoms with Crippen LogP contribution >= 0.6 is 0 Å². The summed E-state index contributed by atoms with van der Waals surface area (Å²) in [6.45, 7) is 4.91. The van der Waals surface area contributed by atoms with Crippen molar-refractivity contribution in [3.05, 3.63) is 29.3 Å². The largest absolute Gasteiger partial charge is 0.374 e. The first-order valence-electron chi connectivity index (χ1n) is 5.11. The van der Waals surface area contributed by atoms with Crippen LogP contribution in [0.3, 0.4) is 0 Å². The summed E-state index contributed by atoms with van der Waals surface area (Å²) in [5.74, 6) is 2.59. The zero-order chi connectivity index (χ0) is 10.4. The second-order valence-corrected chi connectivity index (χ2v) is 3.26. The second-order valence-electron chi connectivity index (χ2n) is 3.26. The van der Waals surface area contributed by atoms with E-state index in [1.807, 2.05) is 0 Å². The number of hydrogen-bond donors (Lipinski definition) is 1. The average molecular weight is 187 g/mol. The second kappa shape index (κ2) is 5.34. The van der Waals surface area contributed by atoms with Crippen molar-refractivity contribution in [3.8, 4) is 12.3 Å². The van der Waals surface area contributed by atoms with Crippen LogP contribution < -0.4 is 5.32 Å². The highest BCUT2D eigenvalue weighted by molar-refractivity contribution is 5.54. The van der Waals surface area contributed by atoms with Gasteiger partial charge in [-0.25, -0.2) is 0 Å². The molecule has 74 valence electrons. The van der Waals surface area contributed by atoms with Crippen molar-refractivity contribution in [2.24, 2.45) is 0 Å². The van der Waals surface area contributed by atoms with Gasteiger partial charge in [0, 0.05) is 5.69 Å². The van der Waals surface area contributed by atoms with E-state index < -0.39 is 0 Å². The maximum absolute atomic E-state index is 5.23. The minimum atomic E-state index is 0.597. The fourth-order valence-electron chi connectivity index (χ4n) is 1.46. The normalized spacial score (nSPS) is 9.50. The van der Waals surface area contributed by atoms with Crippen LogP contribution in [0.25, 0.3) is 0 Å². The van der Waals surface area contributed by atoms with Crippen molar-refractivity contribution in [1.29, 1.82) is 0 Å². The van der Waals surface area contributed by atoms with Crippen LogP contribution in [0, 0.1) is 12.3 Å². The first-order valence-corrected chi connectivity index (χ1v) is 5.11. The van der Waals surface area contributed by atoms with Gasteiger partial charge in [0.15, 0.2) is 0 Å². The molecule has 0 atom stereocenters. The SMILES string of the molecule is C#CCNc1cc(CC)ccc1CC. The van der Waals surface area contributed by atoms with E-state index in [0.717, 1.165) is 12.8 Å². The van der Waals surface area contributed by atoms with E-state index in [2.05, 4.69) is 43.3 Å². The van der Waals surface area contributed by atoms with Gasteiger partial charge in [-0.3, -0.25) is 0 Å². The Morgan fingerprint density at radius 3 is 2.64 bits per heavy atom. The van der Waals surface area contributed by atoms with Crippen molar-refractivity contribution in [2.75, 3.05) is 11.9 Å². The molecule has 0 spiro atoms. The van der Waals surface area contributed by atoms with Gasteiger partial charge in [-0.15, -0.1) is 6.42 Å². The van der Waals surface area contributed by atoms with Crippen molar-refractivity contribution < 1.29 is 0 Å². The van der Waals surface area contributed by atoms with Crippen LogP contribution in [0.2, 0.25) is 0 Å². The molecule has 0 aliphatic heterocycles. The molecule has 1 rings (SSSR count). The summed E-state index contributed by atoms with van der Waals surface area (Å²) >= 11 is 0. The maximum Gasteiger partial charge on any atom is 0.0763 e. The highest BCUT2D eigenvalue weighted by atomic mass is 14.9. The van der Waals surface area contributed by atoms with E-state index in [4.69, 9.17) is 6.42 Å². The number of hydrogen-bond acceptors (Lipinski definition) is 1. The molecule has 0 unspecified atom stereocenters. The molecule has 1 heteroatoms. The standard InChI is InChI=1S/C13H17N/c1-4-9-14-13-10-11(5-2)7-8-12(13)6-3/h1,7-8,10,14H,5-6,9H2,2-3H3. The Morgan fingerprint density at radius 2 is 2.07 bits per heavy atom. The number of terminal acetylenes is 1. The minimum Gasteiger partial charge on any atom is -0.374 e. The predicted octanol–water partition coefficient (Wildman–Crippen LogP) is 2.86. The fraction of sp³-hybridized carbons (Fsp3) is 0.385. The summed E-state index contributed by atoms with van der Waals surface area (Å²) in [6, 6.07) is 6.55. The van der Waals surface area contributed by atoms with E-state index in [1.54, 1.807) is 0 Å². The Bertz CT molecular complexity index is 334. The third kappa shape index (κ3) is 2.53. The first-order chi connectivity index (χ1) is 6.81. The van der Waals surface area contributed by atoms with Crippen LogP contribution in [0.5, 0.6) is 0 Å². The molecule has 0 amide bonds. The highest BCUT2D eigenvalue weighted by Crippen LogP contribution is 2.18. The lowest BCUT2D eigenvalue weighted by molar-refractivity contribution is 1.09. The predicted molar refractivity (Wildman–Crippen MR) is 62.5 cm³/mol. The molecule has 1 N–H and O–H groups in total. The van der Waals surface area contributed by atoms with Crippen molar-refractivity contribution in [1.82, 2.24) is 0 Å². The molecule has 1 aromatic carbocycles. The highest BCUT2D eigenvalue weighted by Gasteiger charge is 2.00. The van der Waals surface area contributed by atoms with Crippen LogP contribution in [0.4, 0.5) is 5.69 Å². The van der Waals surface area contributed by atoms with Gasteiger partial charge in [0.2, 0.25) is 0 Å². The van der Waals surface area contributed by atoms with E-state index in [9.17, 15) is 0 Å². The number of rotatable bonds is 4. The van der Waals surface area contributed by atoms with E-state index in [0.29, 0.717) is 6.54 Å². The summed E-state index contributed by atoms with van der Waals surface area (Å²) in [4.78, 5) is 0. The molecule has 0 heterocycles. The van der Waals surface area contributed by atoms with Crippen molar-refractivity contribution in [3.63, 3.8) is 0 Å². The van der Waals surface area contributed by atoms with Gasteiger partial charge < -0.3 is 5.32 Å². The fourth-order valence-corrected chi connectivity index (χ4v) is 1.46. The summed E-state index contributed by atoms with van der Waals surface area (Å²) in [6.07, 6.45) is 7.33. The topological polar surface area (TPSA) is 12.0 Å². The molecule has 0 radical (unpaired) electrons. The molecule has 0 aromatic heterocycles. The van der Waals surface area contributed by atoms with Crippen LogP contribution in [0.1, 0.15) is 25.0 Å². The Morgan fingerprint density at radius 1 is 1.29 bits per heavy atom. The molecular weight excluding hydrogens is 170 g/mol. The zero-order valence-corrected chi connectivity index (χ0v) is 8.93. The van der Waals surface area contributed by atoms with Gasteiger partial charge in [0.1, 0.15) is 0 Å². The molecule has 0 saturated heterocycles. The van der Waals surface area contributed by atoms with Crippen molar-refractivity contribution >= 4 is 5.69 Å². The Balaban J connectivity index is 2.91. The molecule has 0 fully saturated rings. The lowest BCUT2D eigenvalue weighted by Gasteiger charge is -2.10. The molecule has 0 bridgehead atoms. The van der Waals surface area contributed by atoms with Gasteiger partial charge in [0.05, 0.1) is 6.54 Å². The minimum absolute atomic E-state index is 0.597. The van der Waals surface area contributed by atoms with Crippen molar-refractivity contribution in [2.45, 2.75) is 26.7 Å². The first kappa shape index (κ1) is 10.7. The van der Waals surface area contributed by atoms with E-state index >= 15 is 0 Å². The molecule has 14 heavy (non-hydrogen) atoms. The average Bonchev–Trinajstić information content (AvgIpc) is 2.25. The lowest BCUT2D eigenvalue weighted by atomic mass is 10.1. The maximum atomic E-state index is 5.23. The Hall–Kier alpha value is -1.42. The van der Waals surface area contributed by atoms with Gasteiger partial charge in [0.25, 0.3) is 0 Å². The smallest absolute Gasteiger partial charge is 0.0763 e. The molecule has 0 aliphatic rings. The monoisotopic (exact) mass is 187 g/mol.